The molecule has 1 saturated heterocycles. The summed E-state index contributed by atoms with van der Waals surface area (Å²) >= 11 is 0. The molecule has 1 aromatic carbocycles. The summed E-state index contributed by atoms with van der Waals surface area (Å²) in [6.45, 7) is 4.50. The summed E-state index contributed by atoms with van der Waals surface area (Å²) in [5, 5.41) is 8.60. The second-order valence-electron chi connectivity index (χ2n) is 6.10. The van der Waals surface area contributed by atoms with Crippen LogP contribution in [-0.4, -0.2) is 45.4 Å². The van der Waals surface area contributed by atoms with Gasteiger partial charge in [-0.05, 0) is 50.6 Å². The molecule has 2 unspecified atom stereocenters. The number of halogens is 1. The van der Waals surface area contributed by atoms with E-state index in [1.165, 1.54) is 38.1 Å². The molecule has 0 aromatic heterocycles. The van der Waals surface area contributed by atoms with Crippen molar-refractivity contribution in [2.24, 2.45) is 0 Å². The predicted octanol–water partition coefficient (Wildman–Crippen LogP) is 0.602. The normalized spacial score (nSPS) is 18.3. The van der Waals surface area contributed by atoms with Gasteiger partial charge in [-0.25, -0.2) is 8.42 Å². The molecule has 1 fully saturated rings. The Balaban J connectivity index is 0.00000338. The molecule has 1 aromatic rings. The van der Waals surface area contributed by atoms with Gasteiger partial charge in [-0.1, -0.05) is 0 Å². The van der Waals surface area contributed by atoms with E-state index in [2.05, 4.69) is 20.7 Å². The molecule has 2 rings (SSSR count). The summed E-state index contributed by atoms with van der Waals surface area (Å²) in [4.78, 5) is 23.2. The molecule has 1 heterocycles. The van der Waals surface area contributed by atoms with Gasteiger partial charge < -0.3 is 16.0 Å². The van der Waals surface area contributed by atoms with Crippen LogP contribution in [-0.2, 0) is 19.6 Å². The molecule has 1 aliphatic heterocycles. The van der Waals surface area contributed by atoms with E-state index in [1.807, 2.05) is 0 Å². The third-order valence-electron chi connectivity index (χ3n) is 3.85. The van der Waals surface area contributed by atoms with Gasteiger partial charge >= 0.3 is 0 Å². The molecule has 0 radical (unpaired) electrons. The van der Waals surface area contributed by atoms with Crippen LogP contribution in [0.25, 0.3) is 0 Å². The number of hydrogen-bond acceptors (Lipinski definition) is 5. The zero-order chi connectivity index (χ0) is 18.4. The summed E-state index contributed by atoms with van der Waals surface area (Å²) in [5.41, 5.74) is 0.502. The summed E-state index contributed by atoms with van der Waals surface area (Å²) in [6.07, 6.45) is 1.86. The fraction of sp³-hybridized carbons (Fsp3) is 0.500. The maximum Gasteiger partial charge on any atom is 0.241 e. The highest BCUT2D eigenvalue weighted by molar-refractivity contribution is 7.89. The molecule has 1 aliphatic rings. The van der Waals surface area contributed by atoms with Crippen molar-refractivity contribution in [1.82, 2.24) is 15.4 Å². The SMILES string of the molecule is CC(=O)Nc1ccc(S(=O)(=O)NC(C)C(=O)NC2CCCNC2)cc1.Cl. The molecular weight excluding hydrogens is 380 g/mol. The van der Waals surface area contributed by atoms with Gasteiger partial charge in [-0.2, -0.15) is 4.72 Å². The Morgan fingerprint density at radius 1 is 1.23 bits per heavy atom. The molecule has 146 valence electrons. The van der Waals surface area contributed by atoms with Gasteiger partial charge in [0.2, 0.25) is 21.8 Å². The van der Waals surface area contributed by atoms with Gasteiger partial charge in [0.05, 0.1) is 10.9 Å². The Morgan fingerprint density at radius 3 is 2.42 bits per heavy atom. The smallest absolute Gasteiger partial charge is 0.241 e. The van der Waals surface area contributed by atoms with E-state index in [-0.39, 0.29) is 35.2 Å². The van der Waals surface area contributed by atoms with Crippen molar-refractivity contribution in [2.45, 2.75) is 43.7 Å². The summed E-state index contributed by atoms with van der Waals surface area (Å²) < 4.78 is 27.1. The average molecular weight is 405 g/mol. The quantitative estimate of drug-likeness (QED) is 0.554. The van der Waals surface area contributed by atoms with Crippen LogP contribution in [0.5, 0.6) is 0 Å². The van der Waals surface area contributed by atoms with Crippen LogP contribution in [0.1, 0.15) is 26.7 Å². The molecule has 0 saturated carbocycles. The van der Waals surface area contributed by atoms with E-state index in [9.17, 15) is 18.0 Å². The van der Waals surface area contributed by atoms with E-state index < -0.39 is 16.1 Å². The number of hydrogen-bond donors (Lipinski definition) is 4. The maximum atomic E-state index is 12.4. The van der Waals surface area contributed by atoms with E-state index >= 15 is 0 Å². The zero-order valence-corrected chi connectivity index (χ0v) is 16.4. The summed E-state index contributed by atoms with van der Waals surface area (Å²) in [6, 6.07) is 4.88. The summed E-state index contributed by atoms with van der Waals surface area (Å²) in [5.74, 6) is -0.594. The lowest BCUT2D eigenvalue weighted by molar-refractivity contribution is -0.123. The molecule has 0 bridgehead atoms. The number of carbonyl (C=O) groups excluding carboxylic acids is 2. The lowest BCUT2D eigenvalue weighted by atomic mass is 10.1. The molecule has 0 aliphatic carbocycles. The van der Waals surface area contributed by atoms with Crippen molar-refractivity contribution >= 4 is 39.9 Å². The second-order valence-corrected chi connectivity index (χ2v) is 7.81. The van der Waals surface area contributed by atoms with Gasteiger partial charge in [-0.3, -0.25) is 9.59 Å². The van der Waals surface area contributed by atoms with Crippen molar-refractivity contribution < 1.29 is 18.0 Å². The topological polar surface area (TPSA) is 116 Å². The molecule has 2 atom stereocenters. The molecule has 26 heavy (non-hydrogen) atoms. The van der Waals surface area contributed by atoms with Crippen LogP contribution >= 0.6 is 12.4 Å². The van der Waals surface area contributed by atoms with Crippen LogP contribution in [0.2, 0.25) is 0 Å². The molecule has 10 heteroatoms. The molecule has 2 amide bonds. The van der Waals surface area contributed by atoms with Crippen molar-refractivity contribution in [3.05, 3.63) is 24.3 Å². The van der Waals surface area contributed by atoms with Gasteiger partial charge in [0, 0.05) is 25.2 Å². The summed E-state index contributed by atoms with van der Waals surface area (Å²) in [7, 11) is -3.83. The van der Waals surface area contributed by atoms with Crippen LogP contribution < -0.4 is 20.7 Å². The second kappa shape index (κ2) is 9.86. The number of amides is 2. The Hall–Kier alpha value is -1.68. The van der Waals surface area contributed by atoms with Crippen molar-refractivity contribution in [3.63, 3.8) is 0 Å². The Labute approximate surface area is 160 Å². The van der Waals surface area contributed by atoms with Crippen molar-refractivity contribution in [2.75, 3.05) is 18.4 Å². The first-order chi connectivity index (χ1) is 11.8. The highest BCUT2D eigenvalue weighted by Crippen LogP contribution is 2.14. The van der Waals surface area contributed by atoms with Gasteiger partial charge in [-0.15, -0.1) is 12.4 Å². The van der Waals surface area contributed by atoms with Crippen molar-refractivity contribution in [3.8, 4) is 0 Å². The molecule has 8 nitrogen and oxygen atoms in total. The number of rotatable bonds is 6. The number of piperidine rings is 1. The number of benzene rings is 1. The number of nitrogens with one attached hydrogen (secondary N) is 4. The van der Waals surface area contributed by atoms with Gasteiger partial charge in [0.15, 0.2) is 0 Å². The number of carbonyl (C=O) groups is 2. The highest BCUT2D eigenvalue weighted by Gasteiger charge is 2.24. The van der Waals surface area contributed by atoms with Crippen LogP contribution in [0.15, 0.2) is 29.2 Å². The molecule has 4 N–H and O–H groups in total. The van der Waals surface area contributed by atoms with Crippen LogP contribution in [0.4, 0.5) is 5.69 Å². The van der Waals surface area contributed by atoms with Crippen molar-refractivity contribution in [1.29, 1.82) is 0 Å². The lowest BCUT2D eigenvalue weighted by Crippen LogP contribution is -2.52. The number of sulfonamides is 1. The predicted molar refractivity (Wildman–Crippen MR) is 102 cm³/mol. The van der Waals surface area contributed by atoms with E-state index in [1.54, 1.807) is 0 Å². The van der Waals surface area contributed by atoms with Gasteiger partial charge in [0.1, 0.15) is 0 Å². The average Bonchev–Trinajstić information content (AvgIpc) is 2.55. The van der Waals surface area contributed by atoms with E-state index in [4.69, 9.17) is 0 Å². The van der Waals surface area contributed by atoms with Gasteiger partial charge in [0.25, 0.3) is 0 Å². The largest absolute Gasteiger partial charge is 0.351 e. The fourth-order valence-corrected chi connectivity index (χ4v) is 3.78. The highest BCUT2D eigenvalue weighted by atomic mass is 35.5. The standard InChI is InChI=1S/C16H24N4O4S.ClH/c1-11(16(22)19-14-4-3-9-17-10-14)20-25(23,24)15-7-5-13(6-8-15)18-12(2)21;/h5-8,11,14,17,20H,3-4,9-10H2,1-2H3,(H,18,21)(H,19,22);1H. The monoisotopic (exact) mass is 404 g/mol. The molecule has 0 spiro atoms. The fourth-order valence-electron chi connectivity index (χ4n) is 2.58. The van der Waals surface area contributed by atoms with E-state index in [0.29, 0.717) is 12.2 Å². The zero-order valence-electron chi connectivity index (χ0n) is 14.7. The lowest BCUT2D eigenvalue weighted by Gasteiger charge is -2.25. The first-order valence-corrected chi connectivity index (χ1v) is 9.67. The van der Waals surface area contributed by atoms with Crippen LogP contribution in [0.3, 0.4) is 0 Å². The van der Waals surface area contributed by atoms with Crippen LogP contribution in [0, 0.1) is 0 Å². The minimum absolute atomic E-state index is 0. The Morgan fingerprint density at radius 2 is 1.88 bits per heavy atom. The number of anilines is 1. The first-order valence-electron chi connectivity index (χ1n) is 8.19. The Bertz CT molecular complexity index is 718. The minimum atomic E-state index is -3.83. The first kappa shape index (κ1) is 22.4. The third kappa shape index (κ3) is 6.56. The maximum absolute atomic E-state index is 12.4. The third-order valence-corrected chi connectivity index (χ3v) is 5.41. The van der Waals surface area contributed by atoms with E-state index in [0.717, 1.165) is 19.4 Å². The molecular formula is C16H25ClN4O4S. The minimum Gasteiger partial charge on any atom is -0.351 e. The Kier molecular flexibility index (Phi) is 8.48.